The van der Waals surface area contributed by atoms with Crippen molar-refractivity contribution < 1.29 is 21.6 Å². The summed E-state index contributed by atoms with van der Waals surface area (Å²) in [5, 5.41) is 0. The van der Waals surface area contributed by atoms with Gasteiger partial charge in [-0.15, -0.1) is 0 Å². The van der Waals surface area contributed by atoms with E-state index >= 15 is 0 Å². The summed E-state index contributed by atoms with van der Waals surface area (Å²) in [5.41, 5.74) is 4.36. The quantitative estimate of drug-likeness (QED) is 0.905. The van der Waals surface area contributed by atoms with Gasteiger partial charge in [0.05, 0.1) is 10.5 Å². The van der Waals surface area contributed by atoms with Crippen LogP contribution in [-0.4, -0.2) is 31.9 Å². The Labute approximate surface area is 116 Å². The summed E-state index contributed by atoms with van der Waals surface area (Å²) < 4.78 is 63.7. The molecule has 0 aliphatic rings. The van der Waals surface area contributed by atoms with Gasteiger partial charge in [-0.1, -0.05) is 6.07 Å². The van der Waals surface area contributed by atoms with Crippen molar-refractivity contribution in [2.75, 3.05) is 13.1 Å². The van der Waals surface area contributed by atoms with Crippen molar-refractivity contribution in [3.8, 4) is 0 Å². The summed E-state index contributed by atoms with van der Waals surface area (Å²) in [7, 11) is -3.99. The maximum atomic E-state index is 12.6. The van der Waals surface area contributed by atoms with Crippen LogP contribution in [0.5, 0.6) is 0 Å². The lowest BCUT2D eigenvalue weighted by molar-refractivity contribution is -0.137. The molecular formula is C12H17F3N2O2S. The molecule has 0 saturated carbocycles. The van der Waals surface area contributed by atoms with Crippen LogP contribution in [0.25, 0.3) is 0 Å². The number of halogens is 3. The van der Waals surface area contributed by atoms with E-state index in [1.165, 1.54) is 0 Å². The van der Waals surface area contributed by atoms with E-state index < -0.39 is 27.8 Å². The molecule has 114 valence electrons. The van der Waals surface area contributed by atoms with Gasteiger partial charge in [-0.05, 0) is 32.0 Å². The zero-order valence-electron chi connectivity index (χ0n) is 11.2. The van der Waals surface area contributed by atoms with Crippen molar-refractivity contribution in [1.82, 2.24) is 4.31 Å². The number of alkyl halides is 3. The molecule has 0 aliphatic carbocycles. The third-order valence-electron chi connectivity index (χ3n) is 2.69. The molecule has 0 amide bonds. The van der Waals surface area contributed by atoms with E-state index in [0.717, 1.165) is 22.5 Å². The van der Waals surface area contributed by atoms with E-state index in [-0.39, 0.29) is 18.0 Å². The van der Waals surface area contributed by atoms with E-state index in [2.05, 4.69) is 0 Å². The van der Waals surface area contributed by atoms with Crippen LogP contribution in [0.15, 0.2) is 29.2 Å². The van der Waals surface area contributed by atoms with Crippen molar-refractivity contribution in [2.45, 2.75) is 31.0 Å². The number of hydrogen-bond donors (Lipinski definition) is 1. The molecular weight excluding hydrogens is 293 g/mol. The van der Waals surface area contributed by atoms with Crippen LogP contribution in [0.1, 0.15) is 19.4 Å². The Balaban J connectivity index is 3.28. The maximum Gasteiger partial charge on any atom is 0.416 e. The second-order valence-corrected chi connectivity index (χ2v) is 6.41. The van der Waals surface area contributed by atoms with E-state index in [1.807, 2.05) is 0 Å². The number of rotatable bonds is 5. The molecule has 0 spiro atoms. The Kier molecular flexibility index (Phi) is 5.17. The second kappa shape index (κ2) is 6.11. The van der Waals surface area contributed by atoms with E-state index in [1.54, 1.807) is 13.8 Å². The van der Waals surface area contributed by atoms with Crippen LogP contribution >= 0.6 is 0 Å². The molecule has 2 N–H and O–H groups in total. The third kappa shape index (κ3) is 3.71. The number of nitrogens with zero attached hydrogens (tertiary/aromatic N) is 1. The van der Waals surface area contributed by atoms with Crippen molar-refractivity contribution in [3.63, 3.8) is 0 Å². The highest BCUT2D eigenvalue weighted by molar-refractivity contribution is 7.89. The fourth-order valence-corrected chi connectivity index (χ4v) is 3.45. The van der Waals surface area contributed by atoms with Gasteiger partial charge in [-0.2, -0.15) is 17.5 Å². The van der Waals surface area contributed by atoms with Gasteiger partial charge >= 0.3 is 6.18 Å². The minimum Gasteiger partial charge on any atom is -0.329 e. The van der Waals surface area contributed by atoms with E-state index in [4.69, 9.17) is 5.73 Å². The fraction of sp³-hybridized carbons (Fsp3) is 0.500. The topological polar surface area (TPSA) is 63.4 Å². The highest BCUT2D eigenvalue weighted by atomic mass is 32.2. The van der Waals surface area contributed by atoms with Gasteiger partial charge in [0.25, 0.3) is 0 Å². The minimum absolute atomic E-state index is 0.0518. The molecule has 0 fully saturated rings. The minimum atomic E-state index is -4.58. The molecule has 0 saturated heterocycles. The fourth-order valence-electron chi connectivity index (χ4n) is 1.75. The zero-order chi connectivity index (χ0) is 15.6. The molecule has 1 aromatic rings. The van der Waals surface area contributed by atoms with Crippen molar-refractivity contribution >= 4 is 10.0 Å². The average molecular weight is 310 g/mol. The van der Waals surface area contributed by atoms with Gasteiger partial charge in [-0.25, -0.2) is 8.42 Å². The van der Waals surface area contributed by atoms with Crippen LogP contribution in [0, 0.1) is 0 Å². The van der Waals surface area contributed by atoms with E-state index in [9.17, 15) is 21.6 Å². The molecule has 1 aromatic carbocycles. The SMILES string of the molecule is CC(C)N(CCN)S(=O)(=O)c1cccc(C(F)(F)F)c1. The summed E-state index contributed by atoms with van der Waals surface area (Å²) in [6.45, 7) is 3.42. The van der Waals surface area contributed by atoms with Crippen molar-refractivity contribution in [3.05, 3.63) is 29.8 Å². The molecule has 0 radical (unpaired) electrons. The summed E-state index contributed by atoms with van der Waals surface area (Å²) in [6, 6.07) is 3.31. The molecule has 0 bridgehead atoms. The molecule has 1 rings (SSSR count). The van der Waals surface area contributed by atoms with Crippen LogP contribution in [0.3, 0.4) is 0 Å². The Morgan fingerprint density at radius 3 is 2.35 bits per heavy atom. The molecule has 0 aromatic heterocycles. The molecule has 8 heteroatoms. The largest absolute Gasteiger partial charge is 0.416 e. The van der Waals surface area contributed by atoms with Crippen LogP contribution < -0.4 is 5.73 Å². The first-order valence-electron chi connectivity index (χ1n) is 6.00. The monoisotopic (exact) mass is 310 g/mol. The van der Waals surface area contributed by atoms with Gasteiger partial charge in [0.1, 0.15) is 0 Å². The first-order valence-corrected chi connectivity index (χ1v) is 7.44. The molecule has 4 nitrogen and oxygen atoms in total. The first-order chi connectivity index (χ1) is 9.10. The second-order valence-electron chi connectivity index (χ2n) is 4.52. The number of nitrogens with two attached hydrogens (primary N) is 1. The molecule has 0 heterocycles. The molecule has 20 heavy (non-hydrogen) atoms. The summed E-state index contributed by atoms with van der Waals surface area (Å²) >= 11 is 0. The lowest BCUT2D eigenvalue weighted by Crippen LogP contribution is -2.40. The highest BCUT2D eigenvalue weighted by Gasteiger charge is 2.33. The van der Waals surface area contributed by atoms with Gasteiger partial charge in [0.15, 0.2) is 0 Å². The maximum absolute atomic E-state index is 12.6. The normalized spacial score (nSPS) is 13.2. The summed E-state index contributed by atoms with van der Waals surface area (Å²) in [4.78, 5) is -0.380. The number of sulfonamides is 1. The standard InChI is InChI=1S/C12H17F3N2O2S/c1-9(2)17(7-6-16)20(18,19)11-5-3-4-10(8-11)12(13,14)15/h3-5,8-9H,6-7,16H2,1-2H3. The lowest BCUT2D eigenvalue weighted by Gasteiger charge is -2.25. The van der Waals surface area contributed by atoms with Gasteiger partial charge < -0.3 is 5.73 Å². The molecule has 0 atom stereocenters. The number of benzene rings is 1. The molecule has 0 unspecified atom stereocenters. The number of hydrogen-bond acceptors (Lipinski definition) is 3. The van der Waals surface area contributed by atoms with Gasteiger partial charge in [0, 0.05) is 19.1 Å². The van der Waals surface area contributed by atoms with Crippen molar-refractivity contribution in [1.29, 1.82) is 0 Å². The summed E-state index contributed by atoms with van der Waals surface area (Å²) in [6.07, 6.45) is -4.58. The Morgan fingerprint density at radius 2 is 1.90 bits per heavy atom. The van der Waals surface area contributed by atoms with Crippen molar-refractivity contribution in [2.24, 2.45) is 5.73 Å². The predicted molar refractivity (Wildman–Crippen MR) is 69.5 cm³/mol. The van der Waals surface area contributed by atoms with Crippen LogP contribution in [-0.2, 0) is 16.2 Å². The highest BCUT2D eigenvalue weighted by Crippen LogP contribution is 2.31. The first kappa shape index (κ1) is 16.9. The predicted octanol–water partition coefficient (Wildman–Crippen LogP) is 2.06. The Hall–Kier alpha value is -1.12. The average Bonchev–Trinajstić information content (AvgIpc) is 2.34. The van der Waals surface area contributed by atoms with Gasteiger partial charge in [-0.3, -0.25) is 0 Å². The third-order valence-corrected chi connectivity index (χ3v) is 4.76. The van der Waals surface area contributed by atoms with E-state index in [0.29, 0.717) is 6.07 Å². The summed E-state index contributed by atoms with van der Waals surface area (Å²) in [5.74, 6) is 0. The van der Waals surface area contributed by atoms with Crippen LogP contribution in [0.2, 0.25) is 0 Å². The van der Waals surface area contributed by atoms with Crippen LogP contribution in [0.4, 0.5) is 13.2 Å². The van der Waals surface area contributed by atoms with Gasteiger partial charge in [0.2, 0.25) is 10.0 Å². The zero-order valence-corrected chi connectivity index (χ0v) is 12.0. The molecule has 0 aliphatic heterocycles. The Morgan fingerprint density at radius 1 is 1.30 bits per heavy atom. The Bertz CT molecular complexity index is 556. The smallest absolute Gasteiger partial charge is 0.329 e. The lowest BCUT2D eigenvalue weighted by atomic mass is 10.2.